The molecule has 0 saturated carbocycles. The first-order valence-corrected chi connectivity index (χ1v) is 8.66. The Morgan fingerprint density at radius 3 is 2.96 bits per heavy atom. The zero-order valence-corrected chi connectivity index (χ0v) is 14.4. The molecule has 1 unspecified atom stereocenters. The third kappa shape index (κ3) is 3.69. The number of halogens is 2. The first kappa shape index (κ1) is 17.3. The Labute approximate surface area is 154 Å². The van der Waals surface area contributed by atoms with Crippen molar-refractivity contribution in [3.63, 3.8) is 0 Å². The molecule has 4 rings (SSSR count). The van der Waals surface area contributed by atoms with Gasteiger partial charge in [-0.1, -0.05) is 0 Å². The van der Waals surface area contributed by atoms with Crippen molar-refractivity contribution in [1.82, 2.24) is 25.1 Å². The highest BCUT2D eigenvalue weighted by Crippen LogP contribution is 2.23. The van der Waals surface area contributed by atoms with Crippen molar-refractivity contribution in [3.05, 3.63) is 65.7 Å². The van der Waals surface area contributed by atoms with Gasteiger partial charge in [-0.2, -0.15) is 5.10 Å². The Morgan fingerprint density at radius 2 is 2.19 bits per heavy atom. The lowest BCUT2D eigenvalue weighted by atomic mass is 10.0. The van der Waals surface area contributed by atoms with E-state index in [-0.39, 0.29) is 11.5 Å². The normalized spacial score (nSPS) is 16.7. The maximum absolute atomic E-state index is 13.8. The molecule has 1 saturated heterocycles. The average molecular weight is 369 g/mol. The highest BCUT2D eigenvalue weighted by Gasteiger charge is 2.29. The van der Waals surface area contributed by atoms with E-state index in [0.717, 1.165) is 29.9 Å². The minimum atomic E-state index is -0.834. The quantitative estimate of drug-likeness (QED) is 0.767. The maximum Gasteiger partial charge on any atom is 0.256 e. The number of likely N-dealkylation sites (tertiary alicyclic amines) is 1. The third-order valence-corrected chi connectivity index (χ3v) is 4.67. The molecule has 1 N–H and O–H groups in total. The fourth-order valence-electron chi connectivity index (χ4n) is 3.30. The molecule has 138 valence electrons. The van der Waals surface area contributed by atoms with Crippen LogP contribution in [0, 0.1) is 17.6 Å². The van der Waals surface area contributed by atoms with E-state index >= 15 is 0 Å². The molecule has 6 nitrogen and oxygen atoms in total. The number of aromatic nitrogens is 4. The molecule has 1 aliphatic rings. The standard InChI is InChI=1S/C19H17F2N5O/c20-14-3-4-15(16(21)9-14)19(27)26-7-5-12(11-26)8-17-23-18(25-24-17)13-2-1-6-22-10-13/h1-4,6,9-10,12H,5,7-8,11H2,(H,23,24,25). The van der Waals surface area contributed by atoms with E-state index in [1.807, 2.05) is 12.1 Å². The predicted octanol–water partition coefficient (Wildman–Crippen LogP) is 2.85. The van der Waals surface area contributed by atoms with Gasteiger partial charge in [-0.3, -0.25) is 14.9 Å². The van der Waals surface area contributed by atoms with Crippen LogP contribution in [-0.2, 0) is 6.42 Å². The summed E-state index contributed by atoms with van der Waals surface area (Å²) in [7, 11) is 0. The Bertz CT molecular complexity index is 960. The molecule has 1 aromatic carbocycles. The van der Waals surface area contributed by atoms with Crippen molar-refractivity contribution in [2.24, 2.45) is 5.92 Å². The van der Waals surface area contributed by atoms with Crippen molar-refractivity contribution in [3.8, 4) is 11.4 Å². The number of hydrogen-bond donors (Lipinski definition) is 1. The smallest absolute Gasteiger partial charge is 0.256 e. The van der Waals surface area contributed by atoms with Crippen LogP contribution in [0.2, 0.25) is 0 Å². The maximum atomic E-state index is 13.8. The topological polar surface area (TPSA) is 74.8 Å². The Balaban J connectivity index is 1.40. The summed E-state index contributed by atoms with van der Waals surface area (Å²) >= 11 is 0. The number of pyridine rings is 1. The Morgan fingerprint density at radius 1 is 1.30 bits per heavy atom. The summed E-state index contributed by atoms with van der Waals surface area (Å²) in [6, 6.07) is 6.72. The number of rotatable bonds is 4. The van der Waals surface area contributed by atoms with E-state index in [1.165, 1.54) is 6.07 Å². The monoisotopic (exact) mass is 369 g/mol. The van der Waals surface area contributed by atoms with E-state index in [0.29, 0.717) is 25.3 Å². The van der Waals surface area contributed by atoms with Crippen molar-refractivity contribution in [2.45, 2.75) is 12.8 Å². The molecule has 1 fully saturated rings. The lowest BCUT2D eigenvalue weighted by molar-refractivity contribution is 0.0782. The Hall–Kier alpha value is -3.16. The highest BCUT2D eigenvalue weighted by atomic mass is 19.1. The minimum absolute atomic E-state index is 0.101. The molecule has 27 heavy (non-hydrogen) atoms. The molecule has 3 heterocycles. The van der Waals surface area contributed by atoms with Crippen LogP contribution in [-0.4, -0.2) is 44.1 Å². The summed E-state index contributed by atoms with van der Waals surface area (Å²) in [6.45, 7) is 1.03. The summed E-state index contributed by atoms with van der Waals surface area (Å²) in [5, 5.41) is 7.14. The third-order valence-electron chi connectivity index (χ3n) is 4.67. The molecular formula is C19H17F2N5O. The number of aromatic amines is 1. The van der Waals surface area contributed by atoms with E-state index in [4.69, 9.17) is 0 Å². The van der Waals surface area contributed by atoms with E-state index in [2.05, 4.69) is 20.2 Å². The van der Waals surface area contributed by atoms with E-state index in [9.17, 15) is 13.6 Å². The van der Waals surface area contributed by atoms with Crippen LogP contribution in [0.1, 0.15) is 22.6 Å². The number of H-pyrrole nitrogens is 1. The second-order valence-corrected chi connectivity index (χ2v) is 6.58. The van der Waals surface area contributed by atoms with E-state index < -0.39 is 17.5 Å². The summed E-state index contributed by atoms with van der Waals surface area (Å²) in [5.74, 6) is -0.424. The van der Waals surface area contributed by atoms with Crippen LogP contribution in [0.5, 0.6) is 0 Å². The second kappa shape index (κ2) is 7.22. The van der Waals surface area contributed by atoms with Gasteiger partial charge in [-0.15, -0.1) is 0 Å². The first-order valence-electron chi connectivity index (χ1n) is 8.66. The van der Waals surface area contributed by atoms with Gasteiger partial charge in [-0.25, -0.2) is 13.8 Å². The van der Waals surface area contributed by atoms with Gasteiger partial charge in [-0.05, 0) is 36.6 Å². The molecule has 1 aliphatic heterocycles. The Kier molecular flexibility index (Phi) is 4.62. The van der Waals surface area contributed by atoms with Gasteiger partial charge in [0.2, 0.25) is 0 Å². The molecule has 8 heteroatoms. The van der Waals surface area contributed by atoms with Crippen molar-refractivity contribution in [1.29, 1.82) is 0 Å². The van der Waals surface area contributed by atoms with Gasteiger partial charge in [0, 0.05) is 43.5 Å². The number of benzene rings is 1. The van der Waals surface area contributed by atoms with Crippen LogP contribution < -0.4 is 0 Å². The number of carbonyl (C=O) groups is 1. The highest BCUT2D eigenvalue weighted by molar-refractivity contribution is 5.94. The molecule has 1 atom stereocenters. The van der Waals surface area contributed by atoms with Gasteiger partial charge in [0.1, 0.15) is 17.5 Å². The van der Waals surface area contributed by atoms with Gasteiger partial charge in [0.15, 0.2) is 5.82 Å². The molecular weight excluding hydrogens is 352 g/mol. The number of nitrogens with one attached hydrogen (secondary N) is 1. The molecule has 0 radical (unpaired) electrons. The summed E-state index contributed by atoms with van der Waals surface area (Å²) in [4.78, 5) is 22.6. The van der Waals surface area contributed by atoms with Gasteiger partial charge in [0.05, 0.1) is 5.56 Å². The summed E-state index contributed by atoms with van der Waals surface area (Å²) in [5.41, 5.74) is 0.727. The van der Waals surface area contributed by atoms with E-state index in [1.54, 1.807) is 17.3 Å². The fourth-order valence-corrected chi connectivity index (χ4v) is 3.30. The fraction of sp³-hybridized carbons (Fsp3) is 0.263. The van der Waals surface area contributed by atoms with Crippen molar-refractivity contribution in [2.75, 3.05) is 13.1 Å². The zero-order valence-electron chi connectivity index (χ0n) is 14.4. The number of hydrogen-bond acceptors (Lipinski definition) is 4. The van der Waals surface area contributed by atoms with Gasteiger partial charge >= 0.3 is 0 Å². The SMILES string of the molecule is O=C(c1ccc(F)cc1F)N1CCC(Cc2nc(-c3cccnc3)n[nH]2)C1. The average Bonchev–Trinajstić information content (AvgIpc) is 3.32. The molecule has 1 amide bonds. The first-order chi connectivity index (χ1) is 13.1. The molecule has 3 aromatic rings. The number of amides is 1. The minimum Gasteiger partial charge on any atom is -0.338 e. The lowest BCUT2D eigenvalue weighted by Crippen LogP contribution is -2.29. The van der Waals surface area contributed by atoms with Gasteiger partial charge < -0.3 is 4.90 Å². The summed E-state index contributed by atoms with van der Waals surface area (Å²) < 4.78 is 26.9. The molecule has 0 aliphatic carbocycles. The van der Waals surface area contributed by atoms with Crippen LogP contribution in [0.3, 0.4) is 0 Å². The molecule has 0 spiro atoms. The number of carbonyl (C=O) groups excluding carboxylic acids is 1. The molecule has 2 aromatic heterocycles. The van der Waals surface area contributed by atoms with Crippen molar-refractivity contribution >= 4 is 5.91 Å². The van der Waals surface area contributed by atoms with Crippen LogP contribution >= 0.6 is 0 Å². The van der Waals surface area contributed by atoms with Crippen molar-refractivity contribution < 1.29 is 13.6 Å². The largest absolute Gasteiger partial charge is 0.338 e. The molecule has 0 bridgehead atoms. The van der Waals surface area contributed by atoms with Crippen LogP contribution in [0.15, 0.2) is 42.7 Å². The summed E-state index contributed by atoms with van der Waals surface area (Å²) in [6.07, 6.45) is 4.81. The lowest BCUT2D eigenvalue weighted by Gasteiger charge is -2.16. The zero-order chi connectivity index (χ0) is 18.8. The van der Waals surface area contributed by atoms with Crippen LogP contribution in [0.4, 0.5) is 8.78 Å². The number of nitrogens with zero attached hydrogens (tertiary/aromatic N) is 4. The second-order valence-electron chi connectivity index (χ2n) is 6.58. The van der Waals surface area contributed by atoms with Crippen LogP contribution in [0.25, 0.3) is 11.4 Å². The van der Waals surface area contributed by atoms with Gasteiger partial charge in [0.25, 0.3) is 5.91 Å². The predicted molar refractivity (Wildman–Crippen MR) is 93.7 cm³/mol.